The molecule has 0 N–H and O–H groups in total. The quantitative estimate of drug-likeness (QED) is 0.868. The van der Waals surface area contributed by atoms with Crippen LogP contribution < -0.4 is 4.74 Å². The van der Waals surface area contributed by atoms with Crippen molar-refractivity contribution in [3.8, 4) is 11.4 Å². The number of halogens is 1. The summed E-state index contributed by atoms with van der Waals surface area (Å²) in [5.74, 6) is 0.372. The number of hydrogen-bond acceptors (Lipinski definition) is 4. The van der Waals surface area contributed by atoms with Crippen LogP contribution in [0.5, 0.6) is 5.75 Å². The van der Waals surface area contributed by atoms with Gasteiger partial charge in [-0.25, -0.2) is 9.07 Å². The zero-order chi connectivity index (χ0) is 15.5. The van der Waals surface area contributed by atoms with Crippen LogP contribution in [0.3, 0.4) is 0 Å². The maximum Gasteiger partial charge on any atom is 0.160 e. The highest BCUT2D eigenvalue weighted by Gasteiger charge is 2.18. The second kappa shape index (κ2) is 6.46. The van der Waals surface area contributed by atoms with Crippen LogP contribution in [0.25, 0.3) is 5.69 Å². The third-order valence-electron chi connectivity index (χ3n) is 3.87. The van der Waals surface area contributed by atoms with E-state index >= 15 is 0 Å². The fourth-order valence-electron chi connectivity index (χ4n) is 2.70. The number of morpholine rings is 1. The van der Waals surface area contributed by atoms with E-state index in [4.69, 9.17) is 9.47 Å². The maximum absolute atomic E-state index is 14.4. The molecule has 1 aromatic heterocycles. The number of ether oxygens (including phenoxy) is 2. The van der Waals surface area contributed by atoms with Gasteiger partial charge in [0.1, 0.15) is 17.2 Å². The fourth-order valence-corrected chi connectivity index (χ4v) is 2.70. The van der Waals surface area contributed by atoms with Crippen LogP contribution in [0.15, 0.2) is 24.4 Å². The second-order valence-electron chi connectivity index (χ2n) is 5.36. The second-order valence-corrected chi connectivity index (χ2v) is 5.36. The number of para-hydroxylation sites is 1. The standard InChI is InChI=1S/C16H20FN3O2/c1-12-15(21-2)11-20(18-12)16-13(4-3-5-14(16)17)10-19-6-8-22-9-7-19/h3-5,11H,6-10H2,1-2H3. The Bertz CT molecular complexity index is 651. The van der Waals surface area contributed by atoms with E-state index in [-0.39, 0.29) is 5.82 Å². The van der Waals surface area contributed by atoms with E-state index in [1.165, 1.54) is 6.07 Å². The average molecular weight is 305 g/mol. The summed E-state index contributed by atoms with van der Waals surface area (Å²) in [6, 6.07) is 5.14. The number of aryl methyl sites for hydroxylation is 1. The smallest absolute Gasteiger partial charge is 0.160 e. The van der Waals surface area contributed by atoms with Crippen molar-refractivity contribution in [1.29, 1.82) is 0 Å². The van der Waals surface area contributed by atoms with E-state index in [1.807, 2.05) is 13.0 Å². The SMILES string of the molecule is COc1cn(-c2c(F)cccc2CN2CCOCC2)nc1C. The molecule has 22 heavy (non-hydrogen) atoms. The van der Waals surface area contributed by atoms with Crippen molar-refractivity contribution in [2.75, 3.05) is 33.4 Å². The van der Waals surface area contributed by atoms with Crippen molar-refractivity contribution in [3.05, 3.63) is 41.5 Å². The van der Waals surface area contributed by atoms with Crippen molar-refractivity contribution >= 4 is 0 Å². The summed E-state index contributed by atoms with van der Waals surface area (Å²) in [6.45, 7) is 5.68. The molecule has 0 unspecified atom stereocenters. The van der Waals surface area contributed by atoms with Crippen LogP contribution in [0, 0.1) is 12.7 Å². The first-order valence-corrected chi connectivity index (χ1v) is 7.37. The molecule has 1 saturated heterocycles. The fraction of sp³-hybridized carbons (Fsp3) is 0.438. The molecule has 0 bridgehead atoms. The monoisotopic (exact) mass is 305 g/mol. The molecule has 2 aromatic rings. The van der Waals surface area contributed by atoms with E-state index in [0.29, 0.717) is 18.0 Å². The van der Waals surface area contributed by atoms with Gasteiger partial charge >= 0.3 is 0 Å². The molecular weight excluding hydrogens is 285 g/mol. The summed E-state index contributed by atoms with van der Waals surface area (Å²) in [5.41, 5.74) is 2.13. The van der Waals surface area contributed by atoms with Crippen LogP contribution in [0.4, 0.5) is 4.39 Å². The van der Waals surface area contributed by atoms with Gasteiger partial charge in [0.2, 0.25) is 0 Å². The number of methoxy groups -OCH3 is 1. The summed E-state index contributed by atoms with van der Waals surface area (Å²) >= 11 is 0. The summed E-state index contributed by atoms with van der Waals surface area (Å²) < 4.78 is 26.6. The first-order chi connectivity index (χ1) is 10.7. The van der Waals surface area contributed by atoms with E-state index in [1.54, 1.807) is 24.1 Å². The van der Waals surface area contributed by atoms with Crippen LogP contribution >= 0.6 is 0 Å². The number of rotatable bonds is 4. The van der Waals surface area contributed by atoms with Gasteiger partial charge in [0, 0.05) is 19.6 Å². The highest BCUT2D eigenvalue weighted by atomic mass is 19.1. The highest BCUT2D eigenvalue weighted by Crippen LogP contribution is 2.24. The van der Waals surface area contributed by atoms with Crippen molar-refractivity contribution < 1.29 is 13.9 Å². The predicted molar refractivity (Wildman–Crippen MR) is 80.9 cm³/mol. The lowest BCUT2D eigenvalue weighted by Gasteiger charge is -2.27. The minimum Gasteiger partial charge on any atom is -0.493 e. The minimum atomic E-state index is -0.282. The van der Waals surface area contributed by atoms with Gasteiger partial charge in [-0.1, -0.05) is 12.1 Å². The Labute approximate surface area is 129 Å². The molecule has 0 spiro atoms. The lowest BCUT2D eigenvalue weighted by atomic mass is 10.1. The first-order valence-electron chi connectivity index (χ1n) is 7.37. The zero-order valence-electron chi connectivity index (χ0n) is 12.9. The number of nitrogens with zero attached hydrogens (tertiary/aromatic N) is 3. The van der Waals surface area contributed by atoms with E-state index in [0.717, 1.165) is 37.6 Å². The lowest BCUT2D eigenvalue weighted by molar-refractivity contribution is 0.0341. The third-order valence-corrected chi connectivity index (χ3v) is 3.87. The molecule has 2 heterocycles. The summed E-state index contributed by atoms with van der Waals surface area (Å²) in [6.07, 6.45) is 1.72. The number of aromatic nitrogens is 2. The lowest BCUT2D eigenvalue weighted by Crippen LogP contribution is -2.36. The zero-order valence-corrected chi connectivity index (χ0v) is 12.9. The Hall–Kier alpha value is -1.92. The molecular formula is C16H20FN3O2. The molecule has 0 radical (unpaired) electrons. The van der Waals surface area contributed by atoms with Gasteiger partial charge in [-0.2, -0.15) is 5.10 Å². The largest absolute Gasteiger partial charge is 0.493 e. The van der Waals surface area contributed by atoms with Gasteiger partial charge in [-0.3, -0.25) is 4.90 Å². The van der Waals surface area contributed by atoms with Crippen molar-refractivity contribution in [2.45, 2.75) is 13.5 Å². The van der Waals surface area contributed by atoms with Gasteiger partial charge in [0.25, 0.3) is 0 Å². The van der Waals surface area contributed by atoms with Gasteiger partial charge in [-0.05, 0) is 18.6 Å². The molecule has 5 nitrogen and oxygen atoms in total. The molecule has 118 valence electrons. The molecule has 3 rings (SSSR count). The Kier molecular flexibility index (Phi) is 4.40. The van der Waals surface area contributed by atoms with E-state index in [2.05, 4.69) is 10.00 Å². The van der Waals surface area contributed by atoms with Crippen LogP contribution in [0.2, 0.25) is 0 Å². The maximum atomic E-state index is 14.4. The molecule has 0 amide bonds. The Balaban J connectivity index is 1.94. The topological polar surface area (TPSA) is 39.5 Å². The normalized spacial score (nSPS) is 16.0. The van der Waals surface area contributed by atoms with E-state index in [9.17, 15) is 4.39 Å². The molecule has 1 aliphatic rings. The summed E-state index contributed by atoms with van der Waals surface area (Å²) in [4.78, 5) is 2.26. The number of hydrogen-bond donors (Lipinski definition) is 0. The van der Waals surface area contributed by atoms with Gasteiger partial charge in [0.15, 0.2) is 5.75 Å². The minimum absolute atomic E-state index is 0.282. The third kappa shape index (κ3) is 2.98. The van der Waals surface area contributed by atoms with Crippen LogP contribution in [-0.2, 0) is 11.3 Å². The molecule has 0 saturated carbocycles. The van der Waals surface area contributed by atoms with Crippen molar-refractivity contribution in [3.63, 3.8) is 0 Å². The Morgan fingerprint density at radius 1 is 1.32 bits per heavy atom. The summed E-state index contributed by atoms with van der Waals surface area (Å²) in [7, 11) is 1.59. The molecule has 1 aliphatic heterocycles. The van der Waals surface area contributed by atoms with E-state index < -0.39 is 0 Å². The molecule has 0 atom stereocenters. The molecule has 0 aliphatic carbocycles. The van der Waals surface area contributed by atoms with Gasteiger partial charge in [0.05, 0.1) is 26.5 Å². The Morgan fingerprint density at radius 3 is 2.77 bits per heavy atom. The predicted octanol–water partition coefficient (Wildman–Crippen LogP) is 2.16. The van der Waals surface area contributed by atoms with Crippen molar-refractivity contribution in [2.24, 2.45) is 0 Å². The molecule has 1 aromatic carbocycles. The average Bonchev–Trinajstić information content (AvgIpc) is 2.89. The Morgan fingerprint density at radius 2 is 2.09 bits per heavy atom. The van der Waals surface area contributed by atoms with Crippen LogP contribution in [0.1, 0.15) is 11.3 Å². The first kappa shape index (κ1) is 15.0. The van der Waals surface area contributed by atoms with Gasteiger partial charge in [-0.15, -0.1) is 0 Å². The van der Waals surface area contributed by atoms with Crippen molar-refractivity contribution in [1.82, 2.24) is 14.7 Å². The van der Waals surface area contributed by atoms with Gasteiger partial charge < -0.3 is 9.47 Å². The highest BCUT2D eigenvalue weighted by molar-refractivity contribution is 5.43. The molecule has 6 heteroatoms. The molecule has 1 fully saturated rings. The summed E-state index contributed by atoms with van der Waals surface area (Å²) in [5, 5.41) is 4.37. The number of benzene rings is 1. The van der Waals surface area contributed by atoms with Crippen LogP contribution in [-0.4, -0.2) is 48.1 Å².